The molecular formula is C12H18ClNO2. The van der Waals surface area contributed by atoms with Crippen molar-refractivity contribution in [1.29, 1.82) is 0 Å². The van der Waals surface area contributed by atoms with Crippen LogP contribution in [0.3, 0.4) is 0 Å². The Morgan fingerprint density at radius 3 is 2.88 bits per heavy atom. The lowest BCUT2D eigenvalue weighted by Gasteiger charge is -2.12. The van der Waals surface area contributed by atoms with Crippen molar-refractivity contribution in [3.63, 3.8) is 0 Å². The van der Waals surface area contributed by atoms with Crippen LogP contribution in [0.1, 0.15) is 12.5 Å². The fourth-order valence-electron chi connectivity index (χ4n) is 1.51. The summed E-state index contributed by atoms with van der Waals surface area (Å²) in [6.45, 7) is 4.22. The van der Waals surface area contributed by atoms with E-state index >= 15 is 0 Å². The minimum atomic E-state index is 0.236. The summed E-state index contributed by atoms with van der Waals surface area (Å²) in [6.07, 6.45) is 0. The monoisotopic (exact) mass is 243 g/mol. The number of aromatic hydroxyl groups is 1. The first kappa shape index (κ1) is 13.3. The normalized spacial score (nSPS) is 12.7. The Hall–Kier alpha value is -0.770. The van der Waals surface area contributed by atoms with E-state index < -0.39 is 0 Å². The molecule has 2 N–H and O–H groups in total. The molecule has 90 valence electrons. The number of benzene rings is 1. The summed E-state index contributed by atoms with van der Waals surface area (Å²) in [5.41, 5.74) is 0.744. The van der Waals surface area contributed by atoms with E-state index in [4.69, 9.17) is 16.3 Å². The SMILES string of the molecule is COCC(C)CNCc1c(O)cccc1Cl. The molecule has 1 atom stereocenters. The molecule has 16 heavy (non-hydrogen) atoms. The Bertz CT molecular complexity index is 311. The van der Waals surface area contributed by atoms with Crippen LogP contribution in [-0.4, -0.2) is 25.4 Å². The van der Waals surface area contributed by atoms with E-state index in [0.29, 0.717) is 17.5 Å². The van der Waals surface area contributed by atoms with Crippen molar-refractivity contribution in [1.82, 2.24) is 5.32 Å². The highest BCUT2D eigenvalue weighted by Gasteiger charge is 2.06. The Balaban J connectivity index is 2.43. The molecule has 0 bridgehead atoms. The molecule has 0 aliphatic heterocycles. The molecule has 0 heterocycles. The van der Waals surface area contributed by atoms with Crippen molar-refractivity contribution in [3.05, 3.63) is 28.8 Å². The van der Waals surface area contributed by atoms with Crippen molar-refractivity contribution < 1.29 is 9.84 Å². The van der Waals surface area contributed by atoms with Crippen LogP contribution in [0, 0.1) is 5.92 Å². The van der Waals surface area contributed by atoms with Gasteiger partial charge in [0.05, 0.1) is 0 Å². The highest BCUT2D eigenvalue weighted by Crippen LogP contribution is 2.24. The number of methoxy groups -OCH3 is 1. The molecule has 1 aromatic rings. The van der Waals surface area contributed by atoms with Gasteiger partial charge < -0.3 is 15.2 Å². The van der Waals surface area contributed by atoms with Crippen LogP contribution < -0.4 is 5.32 Å². The molecular weight excluding hydrogens is 226 g/mol. The lowest BCUT2D eigenvalue weighted by molar-refractivity contribution is 0.158. The molecule has 0 spiro atoms. The number of ether oxygens (including phenoxy) is 1. The second-order valence-corrected chi connectivity index (χ2v) is 4.34. The van der Waals surface area contributed by atoms with E-state index in [1.54, 1.807) is 25.3 Å². The van der Waals surface area contributed by atoms with Gasteiger partial charge in [-0.15, -0.1) is 0 Å². The van der Waals surface area contributed by atoms with Crippen LogP contribution in [0.15, 0.2) is 18.2 Å². The van der Waals surface area contributed by atoms with E-state index in [9.17, 15) is 5.11 Å². The standard InChI is InChI=1S/C12H18ClNO2/c1-9(8-16-2)6-14-7-10-11(13)4-3-5-12(10)15/h3-5,9,14-15H,6-8H2,1-2H3. The van der Waals surface area contributed by atoms with Crippen LogP contribution in [-0.2, 0) is 11.3 Å². The van der Waals surface area contributed by atoms with Crippen molar-refractivity contribution >= 4 is 11.6 Å². The second kappa shape index (κ2) is 6.74. The Labute approximate surface area is 101 Å². The molecule has 0 amide bonds. The molecule has 0 aliphatic rings. The van der Waals surface area contributed by atoms with Gasteiger partial charge in [-0.25, -0.2) is 0 Å². The van der Waals surface area contributed by atoms with E-state index in [0.717, 1.165) is 18.7 Å². The summed E-state index contributed by atoms with van der Waals surface area (Å²) >= 11 is 5.98. The van der Waals surface area contributed by atoms with Crippen LogP contribution in [0.5, 0.6) is 5.75 Å². The van der Waals surface area contributed by atoms with Gasteiger partial charge in [-0.1, -0.05) is 24.6 Å². The quantitative estimate of drug-likeness (QED) is 0.806. The average molecular weight is 244 g/mol. The Morgan fingerprint density at radius 2 is 2.25 bits per heavy atom. The molecule has 1 aromatic carbocycles. The number of hydrogen-bond donors (Lipinski definition) is 2. The maximum atomic E-state index is 9.61. The van der Waals surface area contributed by atoms with Crippen molar-refractivity contribution in [2.24, 2.45) is 5.92 Å². The summed E-state index contributed by atoms with van der Waals surface area (Å²) in [6, 6.07) is 5.15. The summed E-state index contributed by atoms with van der Waals surface area (Å²) in [7, 11) is 1.69. The van der Waals surface area contributed by atoms with Gasteiger partial charge in [0.15, 0.2) is 0 Å². The minimum Gasteiger partial charge on any atom is -0.508 e. The lowest BCUT2D eigenvalue weighted by Crippen LogP contribution is -2.23. The molecule has 0 saturated heterocycles. The highest BCUT2D eigenvalue weighted by atomic mass is 35.5. The number of hydrogen-bond acceptors (Lipinski definition) is 3. The van der Waals surface area contributed by atoms with Gasteiger partial charge >= 0.3 is 0 Å². The Morgan fingerprint density at radius 1 is 1.50 bits per heavy atom. The van der Waals surface area contributed by atoms with Gasteiger partial charge in [0, 0.05) is 37.4 Å². The van der Waals surface area contributed by atoms with E-state index in [1.807, 2.05) is 0 Å². The van der Waals surface area contributed by atoms with Crippen LogP contribution >= 0.6 is 11.6 Å². The zero-order valence-corrected chi connectivity index (χ0v) is 10.4. The molecule has 0 aliphatic carbocycles. The molecule has 3 nitrogen and oxygen atoms in total. The van der Waals surface area contributed by atoms with Crippen LogP contribution in [0.4, 0.5) is 0 Å². The molecule has 4 heteroatoms. The topological polar surface area (TPSA) is 41.5 Å². The smallest absolute Gasteiger partial charge is 0.121 e. The molecule has 1 unspecified atom stereocenters. The first-order valence-corrected chi connectivity index (χ1v) is 5.69. The largest absolute Gasteiger partial charge is 0.508 e. The van der Waals surface area contributed by atoms with Crippen molar-refractivity contribution in [2.75, 3.05) is 20.3 Å². The van der Waals surface area contributed by atoms with Gasteiger partial charge in [0.2, 0.25) is 0 Å². The predicted molar refractivity (Wildman–Crippen MR) is 65.9 cm³/mol. The Kier molecular flexibility index (Phi) is 5.60. The first-order chi connectivity index (χ1) is 7.65. The van der Waals surface area contributed by atoms with E-state index in [2.05, 4.69) is 12.2 Å². The number of halogens is 1. The van der Waals surface area contributed by atoms with Gasteiger partial charge in [-0.05, 0) is 18.1 Å². The van der Waals surface area contributed by atoms with Gasteiger partial charge in [-0.3, -0.25) is 0 Å². The number of phenolic OH excluding ortho intramolecular Hbond substituents is 1. The maximum Gasteiger partial charge on any atom is 0.121 e. The summed E-state index contributed by atoms with van der Waals surface area (Å²) in [5.74, 6) is 0.675. The van der Waals surface area contributed by atoms with Gasteiger partial charge in [-0.2, -0.15) is 0 Å². The molecule has 0 fully saturated rings. The van der Waals surface area contributed by atoms with Crippen molar-refractivity contribution in [3.8, 4) is 5.75 Å². The predicted octanol–water partition coefficient (Wildman–Crippen LogP) is 2.42. The maximum absolute atomic E-state index is 9.61. The van der Waals surface area contributed by atoms with E-state index in [-0.39, 0.29) is 5.75 Å². The third-order valence-electron chi connectivity index (χ3n) is 2.34. The zero-order chi connectivity index (χ0) is 12.0. The first-order valence-electron chi connectivity index (χ1n) is 5.31. The summed E-state index contributed by atoms with van der Waals surface area (Å²) in [5, 5.41) is 13.4. The second-order valence-electron chi connectivity index (χ2n) is 3.93. The fourth-order valence-corrected chi connectivity index (χ4v) is 1.75. The van der Waals surface area contributed by atoms with Crippen molar-refractivity contribution in [2.45, 2.75) is 13.5 Å². The van der Waals surface area contributed by atoms with Gasteiger partial charge in [0.1, 0.15) is 5.75 Å². The highest BCUT2D eigenvalue weighted by molar-refractivity contribution is 6.31. The average Bonchev–Trinajstić information content (AvgIpc) is 2.23. The number of phenols is 1. The fraction of sp³-hybridized carbons (Fsp3) is 0.500. The lowest BCUT2D eigenvalue weighted by atomic mass is 10.1. The van der Waals surface area contributed by atoms with Crippen LogP contribution in [0.25, 0.3) is 0 Å². The summed E-state index contributed by atoms with van der Waals surface area (Å²) in [4.78, 5) is 0. The summed E-state index contributed by atoms with van der Waals surface area (Å²) < 4.78 is 5.04. The number of rotatable bonds is 6. The van der Waals surface area contributed by atoms with E-state index in [1.165, 1.54) is 0 Å². The van der Waals surface area contributed by atoms with Gasteiger partial charge in [0.25, 0.3) is 0 Å². The molecule has 1 rings (SSSR count). The zero-order valence-electron chi connectivity index (χ0n) is 9.66. The third kappa shape index (κ3) is 4.00. The third-order valence-corrected chi connectivity index (χ3v) is 2.69. The van der Waals surface area contributed by atoms with Crippen LogP contribution in [0.2, 0.25) is 5.02 Å². The molecule has 0 saturated carbocycles. The molecule has 0 radical (unpaired) electrons. The minimum absolute atomic E-state index is 0.236. The molecule has 0 aromatic heterocycles. The number of nitrogens with one attached hydrogen (secondary N) is 1.